The number of phenols is 4. The molecule has 12 heteroatoms. The summed E-state index contributed by atoms with van der Waals surface area (Å²) < 4.78 is 10.8. The smallest absolute Gasteiger partial charge is 0.309 e. The average molecular weight is 1020 g/mol. The maximum Gasteiger partial charge on any atom is 0.309 e. The molecule has 0 unspecified atom stereocenters. The number of carbonyl (C=O) groups is 4. The van der Waals surface area contributed by atoms with Crippen LogP contribution in [0.25, 0.3) is 0 Å². The summed E-state index contributed by atoms with van der Waals surface area (Å²) in [6.45, 7) is 36.4. The Morgan fingerprint density at radius 3 is 0.878 bits per heavy atom. The first kappa shape index (κ1) is 60.5. The fraction of sp³-hybridized carbons (Fsp3) is 0.548. The van der Waals surface area contributed by atoms with E-state index in [1.54, 1.807) is 0 Å². The normalized spacial score (nSPS) is 12.6. The maximum atomic E-state index is 12.9. The van der Waals surface area contributed by atoms with Gasteiger partial charge in [-0.3, -0.25) is 19.2 Å². The minimum Gasteiger partial charge on any atom is -0.507 e. The summed E-state index contributed by atoms with van der Waals surface area (Å²) in [5, 5.41) is 50.5. The Bertz CT molecular complexity index is 2430. The van der Waals surface area contributed by atoms with Crippen molar-refractivity contribution in [1.29, 1.82) is 0 Å². The van der Waals surface area contributed by atoms with Crippen LogP contribution in [0.2, 0.25) is 0 Å². The molecule has 0 atom stereocenters. The van der Waals surface area contributed by atoms with Crippen LogP contribution in [0.4, 0.5) is 0 Å². The molecule has 6 N–H and O–H groups in total. The molecule has 0 saturated heterocycles. The number of phenolic OH excluding ortho intramolecular Hbond substituents is 4. The third kappa shape index (κ3) is 16.5. The van der Waals surface area contributed by atoms with Crippen molar-refractivity contribution in [1.82, 2.24) is 10.6 Å². The summed E-state index contributed by atoms with van der Waals surface area (Å²) in [5.41, 5.74) is 7.88. The standard InChI is InChI=1S/C62H88N2O10/c1-57(2,3)43-31-37(27-41(51(43)67)29-39-33-45(59(7,8)9)53(69)46(34-39)60(10,11)12)19-21-49(65)73-25-23-63-55(71)56(72)64-24-26-74-50(66)22-20-38-28-42(52(68)44(32-38)58(4,5)6)30-40-35-47(61(13,14)15)54(70)48(36-40)62(16,17)18/h27-28,31-36,67-70H,19-26,29-30H2,1-18H3,(H,63,71)(H,64,72). The number of benzene rings is 4. The number of hydrogen-bond acceptors (Lipinski definition) is 10. The number of aryl methyl sites for hydroxylation is 2. The van der Waals surface area contributed by atoms with Gasteiger partial charge < -0.3 is 40.5 Å². The first-order valence-corrected chi connectivity index (χ1v) is 26.1. The van der Waals surface area contributed by atoms with E-state index >= 15 is 0 Å². The zero-order valence-corrected chi connectivity index (χ0v) is 47.9. The van der Waals surface area contributed by atoms with Gasteiger partial charge in [-0.15, -0.1) is 0 Å². The van der Waals surface area contributed by atoms with Crippen molar-refractivity contribution < 1.29 is 49.1 Å². The summed E-state index contributed by atoms with van der Waals surface area (Å²) in [6.07, 6.45) is 1.63. The fourth-order valence-electron chi connectivity index (χ4n) is 9.00. The highest BCUT2D eigenvalue weighted by Crippen LogP contribution is 2.44. The molecule has 0 radical (unpaired) electrons. The van der Waals surface area contributed by atoms with Crippen LogP contribution in [0.1, 0.15) is 204 Å². The van der Waals surface area contributed by atoms with Gasteiger partial charge in [-0.2, -0.15) is 0 Å². The van der Waals surface area contributed by atoms with E-state index in [0.29, 0.717) is 36.8 Å². The molecule has 0 aromatic heterocycles. The van der Waals surface area contributed by atoms with Gasteiger partial charge in [-0.05, 0) is 112 Å². The molecule has 0 aliphatic heterocycles. The van der Waals surface area contributed by atoms with Gasteiger partial charge >= 0.3 is 23.8 Å². The number of esters is 2. The highest BCUT2D eigenvalue weighted by molar-refractivity contribution is 6.35. The van der Waals surface area contributed by atoms with Crippen molar-refractivity contribution in [3.05, 3.63) is 115 Å². The molecule has 2 amide bonds. The number of hydrogen-bond donors (Lipinski definition) is 6. The molecule has 406 valence electrons. The Balaban J connectivity index is 1.27. The lowest BCUT2D eigenvalue weighted by Gasteiger charge is -2.28. The lowest BCUT2D eigenvalue weighted by atomic mass is 9.77. The Morgan fingerprint density at radius 1 is 0.378 bits per heavy atom. The van der Waals surface area contributed by atoms with Gasteiger partial charge in [0, 0.05) is 25.7 Å². The highest BCUT2D eigenvalue weighted by Gasteiger charge is 2.30. The van der Waals surface area contributed by atoms with Gasteiger partial charge in [-0.25, -0.2) is 0 Å². The molecule has 4 aromatic rings. The minimum absolute atomic E-state index is 0.0501. The SMILES string of the molecule is CC(C)(C)c1cc(CCC(=O)OCCNC(=O)C(=O)NCCOC(=O)CCc2cc(Cc3cc(C(C)(C)C)c(O)c(C(C)(C)C)c3)c(O)c(C(C)(C)C)c2)cc(Cc2cc(C(C)(C)C)c(O)c(C(C)(C)C)c2)c1O. The van der Waals surface area contributed by atoms with E-state index in [0.717, 1.165) is 55.6 Å². The van der Waals surface area contributed by atoms with Crippen LogP contribution in [0.15, 0.2) is 48.5 Å². The van der Waals surface area contributed by atoms with Gasteiger partial charge in [-0.1, -0.05) is 173 Å². The predicted molar refractivity (Wildman–Crippen MR) is 295 cm³/mol. The Morgan fingerprint density at radius 2 is 0.622 bits per heavy atom. The van der Waals surface area contributed by atoms with Gasteiger partial charge in [0.25, 0.3) is 0 Å². The van der Waals surface area contributed by atoms with E-state index in [9.17, 15) is 39.6 Å². The summed E-state index contributed by atoms with van der Waals surface area (Å²) in [5.74, 6) is -1.84. The first-order chi connectivity index (χ1) is 33.8. The number of nitrogens with one attached hydrogen (secondary N) is 2. The maximum absolute atomic E-state index is 12.9. The van der Waals surface area contributed by atoms with E-state index in [2.05, 4.69) is 93.7 Å². The number of ether oxygens (including phenoxy) is 2. The molecule has 0 heterocycles. The molecule has 4 aromatic carbocycles. The Hall–Kier alpha value is -6.04. The molecule has 0 fully saturated rings. The molecule has 74 heavy (non-hydrogen) atoms. The Kier molecular flexibility index (Phi) is 19.0. The third-order valence-electron chi connectivity index (χ3n) is 13.2. The minimum atomic E-state index is -0.925. The zero-order chi connectivity index (χ0) is 56.1. The van der Waals surface area contributed by atoms with Crippen LogP contribution in [-0.2, 0) is 86.8 Å². The molecule has 0 spiro atoms. The van der Waals surface area contributed by atoms with Crippen molar-refractivity contribution in [2.75, 3.05) is 26.3 Å². The van der Waals surface area contributed by atoms with Crippen molar-refractivity contribution in [2.24, 2.45) is 0 Å². The molecule has 4 rings (SSSR count). The van der Waals surface area contributed by atoms with Crippen LogP contribution in [-0.4, -0.2) is 70.5 Å². The second-order valence-electron chi connectivity index (χ2n) is 26.2. The lowest BCUT2D eigenvalue weighted by Crippen LogP contribution is -2.42. The summed E-state index contributed by atoms with van der Waals surface area (Å²) in [4.78, 5) is 50.7. The quantitative estimate of drug-likeness (QED) is 0.0358. The van der Waals surface area contributed by atoms with Crippen LogP contribution < -0.4 is 10.6 Å². The number of carbonyl (C=O) groups excluding carboxylic acids is 4. The van der Waals surface area contributed by atoms with Crippen molar-refractivity contribution in [2.45, 2.75) is 196 Å². The average Bonchev–Trinajstić information content (AvgIpc) is 3.25. The zero-order valence-electron chi connectivity index (χ0n) is 47.9. The van der Waals surface area contributed by atoms with Gasteiger partial charge in [0.2, 0.25) is 0 Å². The number of rotatable bonds is 16. The van der Waals surface area contributed by atoms with Crippen molar-refractivity contribution in [3.63, 3.8) is 0 Å². The summed E-state index contributed by atoms with van der Waals surface area (Å²) in [6, 6.07) is 15.7. The van der Waals surface area contributed by atoms with Crippen LogP contribution in [0.5, 0.6) is 23.0 Å². The second kappa shape index (κ2) is 23.2. The third-order valence-corrected chi connectivity index (χ3v) is 13.2. The van der Waals surface area contributed by atoms with Gasteiger partial charge in [0.15, 0.2) is 0 Å². The Labute approximate surface area is 442 Å². The van der Waals surface area contributed by atoms with E-state index in [1.807, 2.05) is 90.1 Å². The number of aromatic hydroxyl groups is 4. The highest BCUT2D eigenvalue weighted by atomic mass is 16.5. The molecular weight excluding hydrogens is 933 g/mol. The van der Waals surface area contributed by atoms with Crippen LogP contribution >= 0.6 is 0 Å². The van der Waals surface area contributed by atoms with E-state index in [4.69, 9.17) is 9.47 Å². The van der Waals surface area contributed by atoms with Gasteiger partial charge in [0.1, 0.15) is 36.2 Å². The predicted octanol–water partition coefficient (Wildman–Crippen LogP) is 11.4. The molecule has 0 aliphatic rings. The lowest BCUT2D eigenvalue weighted by molar-refractivity contribution is -0.145. The molecular formula is C62H88N2O10. The van der Waals surface area contributed by atoms with E-state index < -0.39 is 34.6 Å². The van der Waals surface area contributed by atoms with Crippen molar-refractivity contribution >= 4 is 23.8 Å². The van der Waals surface area contributed by atoms with Gasteiger partial charge in [0.05, 0.1) is 13.1 Å². The molecule has 0 bridgehead atoms. The monoisotopic (exact) mass is 1020 g/mol. The molecule has 0 saturated carbocycles. The molecule has 0 aliphatic carbocycles. The summed E-state index contributed by atoms with van der Waals surface area (Å²) in [7, 11) is 0. The van der Waals surface area contributed by atoms with Crippen molar-refractivity contribution in [3.8, 4) is 23.0 Å². The second-order valence-corrected chi connectivity index (χ2v) is 26.2. The first-order valence-electron chi connectivity index (χ1n) is 26.1. The fourth-order valence-corrected chi connectivity index (χ4v) is 9.00. The van der Waals surface area contributed by atoms with Crippen LogP contribution in [0.3, 0.4) is 0 Å². The largest absolute Gasteiger partial charge is 0.507 e. The molecule has 12 nitrogen and oxygen atoms in total. The van der Waals surface area contributed by atoms with Crippen LogP contribution in [0, 0.1) is 0 Å². The van der Waals surface area contributed by atoms with E-state index in [-0.39, 0.29) is 83.8 Å². The number of amides is 2. The topological polar surface area (TPSA) is 192 Å². The van der Waals surface area contributed by atoms with E-state index in [1.165, 1.54) is 0 Å². The summed E-state index contributed by atoms with van der Waals surface area (Å²) >= 11 is 0.